The van der Waals surface area contributed by atoms with Gasteiger partial charge in [0.25, 0.3) is 6.01 Å². The largest absolute Gasteiger partial charge is 0.478 e. The second-order valence-corrected chi connectivity index (χ2v) is 10.5. The predicted molar refractivity (Wildman–Crippen MR) is 168 cm³/mol. The quantitative estimate of drug-likeness (QED) is 0.0965. The third kappa shape index (κ3) is 6.66. The highest BCUT2D eigenvalue weighted by Crippen LogP contribution is 2.34. The van der Waals surface area contributed by atoms with Gasteiger partial charge < -0.3 is 30.5 Å². The van der Waals surface area contributed by atoms with Gasteiger partial charge in [0, 0.05) is 19.2 Å². The fourth-order valence-corrected chi connectivity index (χ4v) is 4.66. The van der Waals surface area contributed by atoms with Gasteiger partial charge in [0.2, 0.25) is 0 Å². The van der Waals surface area contributed by atoms with E-state index in [1.54, 1.807) is 55.6 Å². The first-order valence-electron chi connectivity index (χ1n) is 13.8. The number of benzene rings is 4. The Hall–Kier alpha value is -5.35. The Morgan fingerprint density at radius 1 is 1.02 bits per heavy atom. The maximum Gasteiger partial charge on any atom is 0.336 e. The van der Waals surface area contributed by atoms with E-state index in [1.807, 2.05) is 38.4 Å². The van der Waals surface area contributed by atoms with Crippen molar-refractivity contribution >= 4 is 22.7 Å². The Labute approximate surface area is 253 Å². The van der Waals surface area contributed by atoms with Crippen LogP contribution in [0.15, 0.2) is 85.1 Å². The molecule has 0 amide bonds. The summed E-state index contributed by atoms with van der Waals surface area (Å²) in [4.78, 5) is 20.4. The van der Waals surface area contributed by atoms with Crippen molar-refractivity contribution in [2.75, 3.05) is 27.2 Å². The number of nitrogens with one attached hydrogen (secondary N) is 3. The minimum atomic E-state index is -1.11. The maximum absolute atomic E-state index is 15.6. The average Bonchev–Trinajstić information content (AvgIpc) is 3.40. The van der Waals surface area contributed by atoms with Gasteiger partial charge in [-0.1, -0.05) is 54.6 Å². The lowest BCUT2D eigenvalue weighted by Crippen LogP contribution is -2.23. The molecular formula is C34H31F2N5O3. The third-order valence-electron chi connectivity index (χ3n) is 7.08. The lowest BCUT2D eigenvalue weighted by atomic mass is 9.98. The number of imidazole rings is 1. The van der Waals surface area contributed by atoms with Crippen molar-refractivity contribution in [1.82, 2.24) is 20.2 Å². The zero-order valence-electron chi connectivity index (χ0n) is 24.4. The van der Waals surface area contributed by atoms with Crippen LogP contribution in [-0.4, -0.2) is 58.8 Å². The molecule has 0 aliphatic rings. The molecule has 0 saturated heterocycles. The van der Waals surface area contributed by atoms with Crippen LogP contribution < -0.4 is 10.1 Å². The summed E-state index contributed by atoms with van der Waals surface area (Å²) < 4.78 is 36.4. The van der Waals surface area contributed by atoms with Crippen LogP contribution in [0.2, 0.25) is 0 Å². The van der Waals surface area contributed by atoms with E-state index in [9.17, 15) is 9.90 Å². The molecule has 1 heterocycles. The molecule has 0 unspecified atom stereocenters. The second-order valence-electron chi connectivity index (χ2n) is 10.5. The number of carboxylic acids is 1. The number of aromatic amines is 1. The molecule has 0 bridgehead atoms. The number of rotatable bonds is 11. The van der Waals surface area contributed by atoms with Crippen LogP contribution in [0.1, 0.15) is 21.5 Å². The normalized spacial score (nSPS) is 11.4. The zero-order valence-corrected chi connectivity index (χ0v) is 24.4. The van der Waals surface area contributed by atoms with Crippen LogP contribution in [0.3, 0.4) is 0 Å². The molecule has 4 aromatic carbocycles. The van der Waals surface area contributed by atoms with Crippen molar-refractivity contribution in [2.24, 2.45) is 0 Å². The number of hydrogen-bond acceptors (Lipinski definition) is 6. The summed E-state index contributed by atoms with van der Waals surface area (Å²) in [7, 11) is 4.00. The number of likely N-dealkylation sites (N-methyl/N-ethyl adjacent to an activating group) is 1. The number of allylic oxidation sites excluding steroid dienone is 1. The lowest BCUT2D eigenvalue weighted by molar-refractivity contribution is 0.0695. The highest BCUT2D eigenvalue weighted by Gasteiger charge is 2.20. The average molecular weight is 596 g/mol. The van der Waals surface area contributed by atoms with Crippen molar-refractivity contribution in [3.8, 4) is 34.0 Å². The number of aryl methyl sites for hydroxylation is 1. The summed E-state index contributed by atoms with van der Waals surface area (Å²) >= 11 is 0. The van der Waals surface area contributed by atoms with E-state index in [-0.39, 0.29) is 33.9 Å². The summed E-state index contributed by atoms with van der Waals surface area (Å²) in [5.41, 5.74) is 3.62. The van der Waals surface area contributed by atoms with Gasteiger partial charge in [-0.2, -0.15) is 4.98 Å². The summed E-state index contributed by atoms with van der Waals surface area (Å²) in [5.74, 6) is -2.53. The molecule has 10 heteroatoms. The van der Waals surface area contributed by atoms with Gasteiger partial charge in [-0.15, -0.1) is 0 Å². The van der Waals surface area contributed by atoms with Crippen LogP contribution in [0.25, 0.3) is 33.3 Å². The zero-order chi connectivity index (χ0) is 31.4. The van der Waals surface area contributed by atoms with E-state index >= 15 is 8.78 Å². The molecule has 5 rings (SSSR count). The number of fused-ring (bicyclic) bond motifs is 1. The first-order valence-corrected chi connectivity index (χ1v) is 13.8. The second kappa shape index (κ2) is 12.9. The molecule has 0 spiro atoms. The Morgan fingerprint density at radius 3 is 2.34 bits per heavy atom. The number of H-pyrrole nitrogens is 1. The fraction of sp³-hybridized carbons (Fsp3) is 0.147. The molecule has 0 aliphatic heterocycles. The molecule has 0 aliphatic carbocycles. The summed E-state index contributed by atoms with van der Waals surface area (Å²) in [6.07, 6.45) is 3.48. The third-order valence-corrected chi connectivity index (χ3v) is 7.08. The molecule has 224 valence electrons. The van der Waals surface area contributed by atoms with E-state index < -0.39 is 17.6 Å². The number of nitrogens with zero attached hydrogens (tertiary/aromatic N) is 2. The Bertz CT molecular complexity index is 1860. The molecule has 4 N–H and O–H groups in total. The van der Waals surface area contributed by atoms with E-state index in [0.717, 1.165) is 35.8 Å². The standard InChI is InChI=1S/C34H31F2N5O3/c1-20-4-13-25(18-26(20)33(42)43)44-34-39-29-19-27(35)30(31(36)32(29)40-34)24-11-7-22(8-12-24)21-5-9-23(10-6-21)28(37)14-15-38-16-17-41(2)3/h4-15,18-19,37-38H,16-17H2,1-3H3,(H,39,40)(H,42,43)/b15-14-,37-28?. The monoisotopic (exact) mass is 595 g/mol. The number of carboxylic acid groups (broad SMARTS) is 1. The van der Waals surface area contributed by atoms with Crippen molar-refractivity contribution in [1.29, 1.82) is 5.41 Å². The molecule has 8 nitrogen and oxygen atoms in total. The van der Waals surface area contributed by atoms with Gasteiger partial charge in [0.05, 0.1) is 22.4 Å². The lowest BCUT2D eigenvalue weighted by Gasteiger charge is -2.09. The predicted octanol–water partition coefficient (Wildman–Crippen LogP) is 7.01. The van der Waals surface area contributed by atoms with Gasteiger partial charge in [0.15, 0.2) is 5.82 Å². The first kappa shape index (κ1) is 30.1. The van der Waals surface area contributed by atoms with Crippen LogP contribution in [0, 0.1) is 24.0 Å². The molecular weight excluding hydrogens is 564 g/mol. The van der Waals surface area contributed by atoms with Crippen molar-refractivity contribution in [3.05, 3.63) is 113 Å². The first-order chi connectivity index (χ1) is 21.1. The smallest absolute Gasteiger partial charge is 0.336 e. The molecule has 5 aromatic rings. The van der Waals surface area contributed by atoms with E-state index in [2.05, 4.69) is 20.2 Å². The number of hydrogen-bond donors (Lipinski definition) is 4. The van der Waals surface area contributed by atoms with Crippen LogP contribution >= 0.6 is 0 Å². The Kier molecular flexibility index (Phi) is 8.82. The highest BCUT2D eigenvalue weighted by atomic mass is 19.1. The minimum absolute atomic E-state index is 0.0633. The number of aromatic carboxylic acids is 1. The molecule has 0 radical (unpaired) electrons. The van der Waals surface area contributed by atoms with Crippen molar-refractivity contribution < 1.29 is 23.4 Å². The maximum atomic E-state index is 15.6. The van der Waals surface area contributed by atoms with E-state index in [0.29, 0.717) is 16.8 Å². The summed E-state index contributed by atoms with van der Waals surface area (Å²) in [6.45, 7) is 3.34. The fourth-order valence-electron chi connectivity index (χ4n) is 4.66. The summed E-state index contributed by atoms with van der Waals surface area (Å²) in [5, 5.41) is 20.8. The number of aromatic nitrogens is 2. The van der Waals surface area contributed by atoms with Gasteiger partial charge in [-0.3, -0.25) is 0 Å². The Morgan fingerprint density at radius 2 is 1.68 bits per heavy atom. The summed E-state index contributed by atoms with van der Waals surface area (Å²) in [6, 6.07) is 19.9. The van der Waals surface area contributed by atoms with Crippen LogP contribution in [0.5, 0.6) is 11.8 Å². The number of halogens is 2. The van der Waals surface area contributed by atoms with Gasteiger partial charge >= 0.3 is 5.97 Å². The van der Waals surface area contributed by atoms with Crippen molar-refractivity contribution in [3.63, 3.8) is 0 Å². The number of carbonyl (C=O) groups is 1. The highest BCUT2D eigenvalue weighted by molar-refractivity contribution is 6.06. The minimum Gasteiger partial charge on any atom is -0.478 e. The molecule has 1 aromatic heterocycles. The number of ether oxygens (including phenoxy) is 1. The molecule has 0 atom stereocenters. The van der Waals surface area contributed by atoms with E-state index in [4.69, 9.17) is 10.1 Å². The Balaban J connectivity index is 1.32. The molecule has 0 fully saturated rings. The van der Waals surface area contributed by atoms with Crippen LogP contribution in [-0.2, 0) is 0 Å². The molecule has 44 heavy (non-hydrogen) atoms. The van der Waals surface area contributed by atoms with Crippen molar-refractivity contribution in [2.45, 2.75) is 6.92 Å². The molecule has 0 saturated carbocycles. The van der Waals surface area contributed by atoms with E-state index in [1.165, 1.54) is 6.07 Å². The SMILES string of the molecule is Cc1ccc(Oc2nc3c(F)c(-c4ccc(-c5ccc(C(=N)/C=C\NCCN(C)C)cc5)cc4)c(F)cc3[nH]2)cc1C(=O)O. The van der Waals surface area contributed by atoms with Gasteiger partial charge in [0.1, 0.15) is 17.1 Å². The van der Waals surface area contributed by atoms with Crippen LogP contribution in [0.4, 0.5) is 8.78 Å². The topological polar surface area (TPSA) is 114 Å². The van der Waals surface area contributed by atoms with Gasteiger partial charge in [-0.25, -0.2) is 13.6 Å². The van der Waals surface area contributed by atoms with Gasteiger partial charge in [-0.05, 0) is 73.2 Å².